The molecule has 0 bridgehead atoms. The van der Waals surface area contributed by atoms with Gasteiger partial charge < -0.3 is 33.2 Å². The standard InChI is InChI=1S/C29H59BrO7/c1-2-3-4-5-6-7-8-9-10-11-12-13-14-16-31-18-20-33-22-24-35-26-28-37-29-27-36-25-23-34-21-19-32-17-15-30/h2-29H2,1H3. The van der Waals surface area contributed by atoms with Gasteiger partial charge in [-0.15, -0.1) is 0 Å². The Bertz CT molecular complexity index is 357. The Kier molecular flexibility index (Phi) is 36.4. The van der Waals surface area contributed by atoms with Crippen LogP contribution in [0, 0.1) is 0 Å². The van der Waals surface area contributed by atoms with Gasteiger partial charge in [-0.05, 0) is 6.42 Å². The molecule has 0 aliphatic rings. The summed E-state index contributed by atoms with van der Waals surface area (Å²) in [5.41, 5.74) is 0. The third kappa shape index (κ3) is 36.2. The van der Waals surface area contributed by atoms with Crippen molar-refractivity contribution < 1.29 is 33.2 Å². The van der Waals surface area contributed by atoms with E-state index in [9.17, 15) is 0 Å². The van der Waals surface area contributed by atoms with Crippen LogP contribution in [0.5, 0.6) is 0 Å². The molecule has 37 heavy (non-hydrogen) atoms. The second kappa shape index (κ2) is 36.2. The first-order valence-corrected chi connectivity index (χ1v) is 16.1. The molecule has 0 rings (SSSR count). The molecule has 7 nitrogen and oxygen atoms in total. The molecule has 0 heterocycles. The van der Waals surface area contributed by atoms with E-state index in [1.165, 1.54) is 77.0 Å². The Labute approximate surface area is 237 Å². The zero-order chi connectivity index (χ0) is 26.7. The number of alkyl halides is 1. The van der Waals surface area contributed by atoms with E-state index in [1.54, 1.807) is 0 Å². The minimum absolute atomic E-state index is 0.560. The minimum atomic E-state index is 0.560. The lowest BCUT2D eigenvalue weighted by Gasteiger charge is -2.08. The van der Waals surface area contributed by atoms with Gasteiger partial charge in [-0.2, -0.15) is 0 Å². The van der Waals surface area contributed by atoms with E-state index in [1.807, 2.05) is 0 Å². The maximum absolute atomic E-state index is 5.65. The van der Waals surface area contributed by atoms with E-state index in [2.05, 4.69) is 22.9 Å². The Hall–Kier alpha value is 0.200. The predicted octanol–water partition coefficient (Wildman–Crippen LogP) is 6.59. The van der Waals surface area contributed by atoms with Crippen LogP contribution >= 0.6 is 15.9 Å². The first kappa shape index (κ1) is 37.2. The quantitative estimate of drug-likeness (QED) is 0.0611. The fourth-order valence-electron chi connectivity index (χ4n) is 3.70. The van der Waals surface area contributed by atoms with E-state index in [0.717, 1.165) is 18.4 Å². The molecule has 0 spiro atoms. The normalized spacial score (nSPS) is 11.5. The van der Waals surface area contributed by atoms with Gasteiger partial charge in [0.1, 0.15) is 0 Å². The fourth-order valence-corrected chi connectivity index (χ4v) is 3.93. The third-order valence-electron chi connectivity index (χ3n) is 5.85. The second-order valence-electron chi connectivity index (χ2n) is 9.22. The van der Waals surface area contributed by atoms with Crippen molar-refractivity contribution in [1.82, 2.24) is 0 Å². The van der Waals surface area contributed by atoms with Gasteiger partial charge >= 0.3 is 0 Å². The first-order chi connectivity index (χ1) is 18.4. The molecule has 0 amide bonds. The van der Waals surface area contributed by atoms with Crippen molar-refractivity contribution in [2.24, 2.45) is 0 Å². The Morgan fingerprint density at radius 2 is 0.541 bits per heavy atom. The van der Waals surface area contributed by atoms with Crippen molar-refractivity contribution in [3.05, 3.63) is 0 Å². The summed E-state index contributed by atoms with van der Waals surface area (Å²) in [6.45, 7) is 10.9. The van der Waals surface area contributed by atoms with Gasteiger partial charge in [0.25, 0.3) is 0 Å². The minimum Gasteiger partial charge on any atom is -0.379 e. The number of hydrogen-bond donors (Lipinski definition) is 0. The highest BCUT2D eigenvalue weighted by atomic mass is 79.9. The molecule has 0 aliphatic heterocycles. The molecular formula is C29H59BrO7. The molecule has 224 valence electrons. The van der Waals surface area contributed by atoms with E-state index in [0.29, 0.717) is 85.9 Å². The van der Waals surface area contributed by atoms with Crippen molar-refractivity contribution in [3.8, 4) is 0 Å². The molecule has 0 aliphatic carbocycles. The Balaban J connectivity index is 3.00. The number of unbranched alkanes of at least 4 members (excludes halogenated alkanes) is 12. The molecule has 0 aromatic carbocycles. The molecule has 0 unspecified atom stereocenters. The lowest BCUT2D eigenvalue weighted by Crippen LogP contribution is -2.14. The number of hydrogen-bond acceptors (Lipinski definition) is 7. The number of ether oxygens (including phenoxy) is 7. The number of halogens is 1. The average Bonchev–Trinajstić information content (AvgIpc) is 2.91. The predicted molar refractivity (Wildman–Crippen MR) is 155 cm³/mol. The maximum Gasteiger partial charge on any atom is 0.0701 e. The van der Waals surface area contributed by atoms with Crippen LogP contribution in [0.15, 0.2) is 0 Å². The molecule has 0 N–H and O–H groups in total. The van der Waals surface area contributed by atoms with Gasteiger partial charge in [0.2, 0.25) is 0 Å². The van der Waals surface area contributed by atoms with Crippen LogP contribution in [-0.2, 0) is 33.2 Å². The average molecular weight is 600 g/mol. The summed E-state index contributed by atoms with van der Waals surface area (Å²) in [5.74, 6) is 0. The highest BCUT2D eigenvalue weighted by Crippen LogP contribution is 2.12. The summed E-state index contributed by atoms with van der Waals surface area (Å²) in [5, 5.41) is 0.851. The molecule has 0 aromatic rings. The smallest absolute Gasteiger partial charge is 0.0701 e. The first-order valence-electron chi connectivity index (χ1n) is 15.0. The zero-order valence-electron chi connectivity index (χ0n) is 24.0. The molecular weight excluding hydrogens is 540 g/mol. The molecule has 0 saturated carbocycles. The van der Waals surface area contributed by atoms with Gasteiger partial charge in [0.15, 0.2) is 0 Å². The maximum atomic E-state index is 5.65. The van der Waals surface area contributed by atoms with Gasteiger partial charge in [-0.3, -0.25) is 0 Å². The summed E-state index contributed by atoms with van der Waals surface area (Å²) in [6, 6.07) is 0. The van der Waals surface area contributed by atoms with Gasteiger partial charge in [0, 0.05) is 11.9 Å². The van der Waals surface area contributed by atoms with Crippen LogP contribution in [0.1, 0.15) is 90.4 Å². The largest absolute Gasteiger partial charge is 0.379 e. The second-order valence-corrected chi connectivity index (χ2v) is 10.0. The topological polar surface area (TPSA) is 64.6 Å². The van der Waals surface area contributed by atoms with Crippen LogP contribution in [-0.4, -0.2) is 97.8 Å². The summed E-state index contributed by atoms with van der Waals surface area (Å²) >= 11 is 3.31. The van der Waals surface area contributed by atoms with Crippen molar-refractivity contribution in [3.63, 3.8) is 0 Å². The molecule has 8 heteroatoms. The SMILES string of the molecule is CCCCCCCCCCCCCCCOCCOCCOCCOCCOCCOCCOCCBr. The molecule has 0 atom stereocenters. The molecule has 0 aromatic heterocycles. The highest BCUT2D eigenvalue weighted by Gasteiger charge is 1.96. The van der Waals surface area contributed by atoms with Crippen molar-refractivity contribution in [2.45, 2.75) is 90.4 Å². The van der Waals surface area contributed by atoms with Crippen LogP contribution in [0.25, 0.3) is 0 Å². The van der Waals surface area contributed by atoms with Gasteiger partial charge in [-0.25, -0.2) is 0 Å². The Morgan fingerprint density at radius 3 is 0.838 bits per heavy atom. The van der Waals surface area contributed by atoms with Crippen LogP contribution in [0.3, 0.4) is 0 Å². The monoisotopic (exact) mass is 598 g/mol. The number of rotatable bonds is 34. The molecule has 0 saturated heterocycles. The Morgan fingerprint density at radius 1 is 0.297 bits per heavy atom. The van der Waals surface area contributed by atoms with E-state index >= 15 is 0 Å². The lowest BCUT2D eigenvalue weighted by atomic mass is 10.0. The molecule has 0 radical (unpaired) electrons. The molecule has 0 fully saturated rings. The summed E-state index contributed by atoms with van der Waals surface area (Å²) in [7, 11) is 0. The zero-order valence-corrected chi connectivity index (χ0v) is 25.6. The fraction of sp³-hybridized carbons (Fsp3) is 1.00. The van der Waals surface area contributed by atoms with Crippen molar-refractivity contribution in [2.75, 3.05) is 97.8 Å². The van der Waals surface area contributed by atoms with Gasteiger partial charge in [0.05, 0.1) is 85.9 Å². The lowest BCUT2D eigenvalue weighted by molar-refractivity contribution is -0.0201. The summed E-state index contributed by atoms with van der Waals surface area (Å²) < 4.78 is 38.3. The van der Waals surface area contributed by atoms with E-state index in [4.69, 9.17) is 33.2 Å². The van der Waals surface area contributed by atoms with Crippen LogP contribution < -0.4 is 0 Å². The summed E-state index contributed by atoms with van der Waals surface area (Å²) in [4.78, 5) is 0. The van der Waals surface area contributed by atoms with Crippen LogP contribution in [0.2, 0.25) is 0 Å². The van der Waals surface area contributed by atoms with E-state index in [-0.39, 0.29) is 0 Å². The summed E-state index contributed by atoms with van der Waals surface area (Å²) in [6.07, 6.45) is 17.9. The highest BCUT2D eigenvalue weighted by molar-refractivity contribution is 9.09. The van der Waals surface area contributed by atoms with Crippen molar-refractivity contribution >= 4 is 15.9 Å². The third-order valence-corrected chi connectivity index (χ3v) is 6.17. The van der Waals surface area contributed by atoms with Crippen molar-refractivity contribution in [1.29, 1.82) is 0 Å². The van der Waals surface area contributed by atoms with E-state index < -0.39 is 0 Å². The van der Waals surface area contributed by atoms with Gasteiger partial charge in [-0.1, -0.05) is 99.9 Å². The van der Waals surface area contributed by atoms with Crippen LogP contribution in [0.4, 0.5) is 0 Å².